The molecule has 0 aliphatic heterocycles. The molecule has 4 nitrogen and oxygen atoms in total. The molecule has 0 fully saturated rings. The molecule has 0 aliphatic carbocycles. The van der Waals surface area contributed by atoms with E-state index in [0.717, 1.165) is 0 Å². The zero-order chi connectivity index (χ0) is 12.5. The van der Waals surface area contributed by atoms with Crippen LogP contribution < -0.4 is 4.72 Å². The summed E-state index contributed by atoms with van der Waals surface area (Å²) in [5.74, 6) is -2.12. The molecule has 0 radical (unpaired) electrons. The molecule has 0 bridgehead atoms. The molecule has 0 spiro atoms. The van der Waals surface area contributed by atoms with Crippen molar-refractivity contribution < 1.29 is 26.4 Å². The Labute approximate surface area is 85.9 Å². The molecule has 0 aromatic rings. The Kier molecular flexibility index (Phi) is 3.92. The molecular weight excluding hydrogens is 235 g/mol. The van der Waals surface area contributed by atoms with Crippen molar-refractivity contribution in [3.8, 4) is 0 Å². The molecule has 0 saturated carbocycles. The Morgan fingerprint density at radius 2 is 1.60 bits per heavy atom. The quantitative estimate of drug-likeness (QED) is 0.803. The number of Topliss-reactive ketones (excluding diaryl/α,β-unsaturated/α-hetero) is 1. The molecule has 0 aromatic heterocycles. The molecule has 0 heterocycles. The van der Waals surface area contributed by atoms with Gasteiger partial charge in [0.1, 0.15) is 0 Å². The maximum Gasteiger partial charge on any atom is 0.451 e. The second-order valence-electron chi connectivity index (χ2n) is 3.86. The molecular formula is C7H12F3NO3S. The summed E-state index contributed by atoms with van der Waals surface area (Å²) in [6.45, 7) is 2.68. The smallest absolute Gasteiger partial charge is 0.288 e. The van der Waals surface area contributed by atoms with Gasteiger partial charge in [0.15, 0.2) is 0 Å². The number of rotatable bonds is 3. The van der Waals surface area contributed by atoms with E-state index in [9.17, 15) is 26.4 Å². The van der Waals surface area contributed by atoms with Crippen molar-refractivity contribution in [2.24, 2.45) is 0 Å². The van der Waals surface area contributed by atoms with Gasteiger partial charge in [0, 0.05) is 0 Å². The lowest BCUT2D eigenvalue weighted by Crippen LogP contribution is -2.44. The van der Waals surface area contributed by atoms with E-state index in [1.807, 2.05) is 0 Å². The first-order valence-corrected chi connectivity index (χ1v) is 5.45. The topological polar surface area (TPSA) is 63.2 Å². The van der Waals surface area contributed by atoms with Crippen LogP contribution in [0.3, 0.4) is 0 Å². The van der Waals surface area contributed by atoms with Crippen molar-refractivity contribution in [1.29, 1.82) is 0 Å². The molecule has 0 atom stereocenters. The molecule has 15 heavy (non-hydrogen) atoms. The second-order valence-corrected chi connectivity index (χ2v) is 6.38. The van der Waals surface area contributed by atoms with Crippen LogP contribution in [0.4, 0.5) is 13.2 Å². The highest BCUT2D eigenvalue weighted by Crippen LogP contribution is 2.17. The summed E-state index contributed by atoms with van der Waals surface area (Å²) in [4.78, 5) is 10.4. The van der Waals surface area contributed by atoms with Crippen molar-refractivity contribution >= 4 is 15.8 Å². The van der Waals surface area contributed by atoms with Gasteiger partial charge >= 0.3 is 6.18 Å². The Morgan fingerprint density at radius 3 is 1.87 bits per heavy atom. The van der Waals surface area contributed by atoms with Gasteiger partial charge in [-0.05, 0) is 20.8 Å². The van der Waals surface area contributed by atoms with Gasteiger partial charge in [-0.3, -0.25) is 4.79 Å². The first-order valence-electron chi connectivity index (χ1n) is 3.97. The molecule has 0 amide bonds. The molecule has 1 N–H and O–H groups in total. The zero-order valence-electron chi connectivity index (χ0n) is 8.47. The number of sulfonamides is 1. The van der Waals surface area contributed by atoms with Crippen LogP contribution in [-0.4, -0.2) is 31.7 Å². The minimum atomic E-state index is -5.01. The van der Waals surface area contributed by atoms with E-state index in [-0.39, 0.29) is 0 Å². The van der Waals surface area contributed by atoms with Gasteiger partial charge in [-0.2, -0.15) is 13.2 Å². The van der Waals surface area contributed by atoms with E-state index in [0.29, 0.717) is 0 Å². The van der Waals surface area contributed by atoms with Gasteiger partial charge in [-0.1, -0.05) is 0 Å². The highest BCUT2D eigenvalue weighted by molar-refractivity contribution is 7.90. The summed E-state index contributed by atoms with van der Waals surface area (Å²) in [5, 5.41) is 0. The van der Waals surface area contributed by atoms with Crippen LogP contribution in [0.1, 0.15) is 20.8 Å². The standard InChI is InChI=1S/C7H12F3NO3S/c1-6(2,3)15(13,14)11-4-5(12)7(8,9)10/h11H,4H2,1-3H3. The van der Waals surface area contributed by atoms with E-state index in [1.165, 1.54) is 20.8 Å². The van der Waals surface area contributed by atoms with Gasteiger partial charge in [-0.15, -0.1) is 0 Å². The summed E-state index contributed by atoms with van der Waals surface area (Å²) in [6, 6.07) is 0. The van der Waals surface area contributed by atoms with E-state index >= 15 is 0 Å². The summed E-state index contributed by atoms with van der Waals surface area (Å²) < 4.78 is 58.1. The van der Waals surface area contributed by atoms with Gasteiger partial charge in [-0.25, -0.2) is 13.1 Å². The van der Waals surface area contributed by atoms with E-state index in [2.05, 4.69) is 0 Å². The van der Waals surface area contributed by atoms with Gasteiger partial charge in [0.2, 0.25) is 10.0 Å². The number of nitrogens with one attached hydrogen (secondary N) is 1. The second kappa shape index (κ2) is 4.09. The molecule has 0 aromatic carbocycles. The Hall–Kier alpha value is -0.630. The summed E-state index contributed by atoms with van der Waals surface area (Å²) >= 11 is 0. The Balaban J connectivity index is 4.51. The fourth-order valence-electron chi connectivity index (χ4n) is 0.477. The minimum Gasteiger partial charge on any atom is -0.288 e. The predicted molar refractivity (Wildman–Crippen MR) is 47.7 cm³/mol. The van der Waals surface area contributed by atoms with Crippen molar-refractivity contribution in [3.05, 3.63) is 0 Å². The highest BCUT2D eigenvalue weighted by atomic mass is 32.2. The van der Waals surface area contributed by atoms with Crippen LogP contribution in [0.15, 0.2) is 0 Å². The van der Waals surface area contributed by atoms with Gasteiger partial charge < -0.3 is 0 Å². The lowest BCUT2D eigenvalue weighted by atomic mass is 10.3. The zero-order valence-corrected chi connectivity index (χ0v) is 9.29. The third-order valence-corrected chi connectivity index (χ3v) is 3.68. The Morgan fingerprint density at radius 1 is 1.20 bits per heavy atom. The number of carbonyl (C=O) groups is 1. The average Bonchev–Trinajstić information content (AvgIpc) is 1.96. The molecule has 0 unspecified atom stereocenters. The van der Waals surface area contributed by atoms with E-state index in [4.69, 9.17) is 0 Å². The highest BCUT2D eigenvalue weighted by Gasteiger charge is 2.39. The summed E-state index contributed by atoms with van der Waals surface area (Å²) in [6.07, 6.45) is -5.01. The predicted octanol–water partition coefficient (Wildman–Crippen LogP) is 0.836. The number of ketones is 1. The number of halogens is 3. The van der Waals surface area contributed by atoms with Crippen molar-refractivity contribution in [1.82, 2.24) is 4.72 Å². The van der Waals surface area contributed by atoms with Crippen LogP contribution in [-0.2, 0) is 14.8 Å². The van der Waals surface area contributed by atoms with Gasteiger partial charge in [0.25, 0.3) is 5.78 Å². The Bertz CT molecular complexity index is 339. The van der Waals surface area contributed by atoms with Crippen molar-refractivity contribution in [3.63, 3.8) is 0 Å². The van der Waals surface area contributed by atoms with Crippen LogP contribution in [0.25, 0.3) is 0 Å². The number of hydrogen-bond donors (Lipinski definition) is 1. The van der Waals surface area contributed by atoms with E-state index < -0.39 is 33.3 Å². The number of hydrogen-bond acceptors (Lipinski definition) is 3. The molecule has 8 heteroatoms. The van der Waals surface area contributed by atoms with E-state index in [1.54, 1.807) is 4.72 Å². The molecule has 0 rings (SSSR count). The SMILES string of the molecule is CC(C)(C)S(=O)(=O)NCC(=O)C(F)(F)F. The van der Waals surface area contributed by atoms with Crippen LogP contribution >= 0.6 is 0 Å². The molecule has 90 valence electrons. The third-order valence-electron chi connectivity index (χ3n) is 1.55. The first-order chi connectivity index (χ1) is 6.38. The van der Waals surface area contributed by atoms with Gasteiger partial charge in [0.05, 0.1) is 11.3 Å². The number of alkyl halides is 3. The fourth-order valence-corrected chi connectivity index (χ4v) is 1.23. The fraction of sp³-hybridized carbons (Fsp3) is 0.857. The monoisotopic (exact) mass is 247 g/mol. The maximum absolute atomic E-state index is 11.7. The van der Waals surface area contributed by atoms with Crippen LogP contribution in [0, 0.1) is 0 Å². The maximum atomic E-state index is 11.7. The largest absolute Gasteiger partial charge is 0.451 e. The molecule has 0 aliphatic rings. The third kappa shape index (κ3) is 4.17. The lowest BCUT2D eigenvalue weighted by molar-refractivity contribution is -0.169. The summed E-state index contributed by atoms with van der Waals surface area (Å²) in [7, 11) is -3.92. The lowest BCUT2D eigenvalue weighted by Gasteiger charge is -2.19. The normalized spacial score (nSPS) is 14.0. The summed E-state index contributed by atoms with van der Waals surface area (Å²) in [5.41, 5.74) is 0. The minimum absolute atomic E-state index is 1.25. The number of carbonyl (C=O) groups excluding carboxylic acids is 1. The average molecular weight is 247 g/mol. The first kappa shape index (κ1) is 14.4. The van der Waals surface area contributed by atoms with Crippen molar-refractivity contribution in [2.75, 3.05) is 6.54 Å². The molecule has 0 saturated heterocycles. The van der Waals surface area contributed by atoms with Crippen molar-refractivity contribution in [2.45, 2.75) is 31.7 Å². The van der Waals surface area contributed by atoms with Crippen LogP contribution in [0.5, 0.6) is 0 Å². The van der Waals surface area contributed by atoms with Crippen LogP contribution in [0.2, 0.25) is 0 Å².